The average Bonchev–Trinajstić information content (AvgIpc) is 2.67. The van der Waals surface area contributed by atoms with E-state index in [0.29, 0.717) is 19.2 Å². The van der Waals surface area contributed by atoms with Crippen molar-refractivity contribution in [1.29, 1.82) is 0 Å². The number of hydrogen-bond acceptors (Lipinski definition) is 3. The van der Waals surface area contributed by atoms with Crippen molar-refractivity contribution < 1.29 is 4.74 Å². The van der Waals surface area contributed by atoms with Gasteiger partial charge in [0.05, 0.1) is 0 Å². The SMILES string of the molecule is C=CCOc1ccccc1CNC(=NC)NC(C)CCCN(CC)CC.I. The van der Waals surface area contributed by atoms with E-state index >= 15 is 0 Å². The van der Waals surface area contributed by atoms with Crippen LogP contribution in [-0.2, 0) is 6.54 Å². The van der Waals surface area contributed by atoms with Crippen LogP contribution in [0.4, 0.5) is 0 Å². The quantitative estimate of drug-likeness (QED) is 0.202. The highest BCUT2D eigenvalue weighted by molar-refractivity contribution is 14.0. The Hall–Kier alpha value is -1.28. The van der Waals surface area contributed by atoms with Crippen LogP contribution in [0, 0.1) is 0 Å². The van der Waals surface area contributed by atoms with Crippen molar-refractivity contribution in [2.75, 3.05) is 33.3 Å². The van der Waals surface area contributed by atoms with Gasteiger partial charge in [-0.25, -0.2) is 0 Å². The van der Waals surface area contributed by atoms with Crippen molar-refractivity contribution in [3.8, 4) is 5.75 Å². The lowest BCUT2D eigenvalue weighted by atomic mass is 10.1. The van der Waals surface area contributed by atoms with E-state index in [0.717, 1.165) is 43.3 Å². The summed E-state index contributed by atoms with van der Waals surface area (Å²) in [6.45, 7) is 14.9. The molecule has 1 aromatic carbocycles. The van der Waals surface area contributed by atoms with E-state index in [9.17, 15) is 0 Å². The topological polar surface area (TPSA) is 48.9 Å². The zero-order valence-corrected chi connectivity index (χ0v) is 19.7. The molecule has 0 aliphatic heterocycles. The molecule has 0 bridgehead atoms. The summed E-state index contributed by atoms with van der Waals surface area (Å²) >= 11 is 0. The third kappa shape index (κ3) is 10.6. The second-order valence-corrected chi connectivity index (χ2v) is 6.35. The Morgan fingerprint density at radius 1 is 1.30 bits per heavy atom. The number of aliphatic imine (C=N–C) groups is 1. The van der Waals surface area contributed by atoms with E-state index < -0.39 is 0 Å². The third-order valence-corrected chi connectivity index (χ3v) is 4.39. The highest BCUT2D eigenvalue weighted by Crippen LogP contribution is 2.17. The van der Waals surface area contributed by atoms with Crippen molar-refractivity contribution in [1.82, 2.24) is 15.5 Å². The number of benzene rings is 1. The van der Waals surface area contributed by atoms with Gasteiger partial charge in [0.25, 0.3) is 0 Å². The molecule has 1 aromatic rings. The predicted octanol–water partition coefficient (Wildman–Crippen LogP) is 4.04. The van der Waals surface area contributed by atoms with Gasteiger partial charge in [-0.2, -0.15) is 0 Å². The molecule has 0 aliphatic carbocycles. The number of guanidine groups is 1. The summed E-state index contributed by atoms with van der Waals surface area (Å²) in [5.74, 6) is 1.70. The van der Waals surface area contributed by atoms with Gasteiger partial charge in [0.2, 0.25) is 0 Å². The first-order chi connectivity index (χ1) is 12.6. The smallest absolute Gasteiger partial charge is 0.191 e. The van der Waals surface area contributed by atoms with Gasteiger partial charge in [0.1, 0.15) is 12.4 Å². The lowest BCUT2D eigenvalue weighted by molar-refractivity contribution is 0.292. The molecular weight excluding hydrogens is 451 g/mol. The van der Waals surface area contributed by atoms with E-state index in [1.54, 1.807) is 13.1 Å². The van der Waals surface area contributed by atoms with E-state index in [4.69, 9.17) is 4.74 Å². The van der Waals surface area contributed by atoms with Gasteiger partial charge in [-0.1, -0.05) is 44.7 Å². The molecule has 27 heavy (non-hydrogen) atoms. The summed E-state index contributed by atoms with van der Waals surface area (Å²) in [7, 11) is 1.80. The van der Waals surface area contributed by atoms with Crippen LogP contribution < -0.4 is 15.4 Å². The lowest BCUT2D eigenvalue weighted by Gasteiger charge is -2.21. The van der Waals surface area contributed by atoms with Crippen LogP contribution in [0.5, 0.6) is 5.75 Å². The van der Waals surface area contributed by atoms with Gasteiger partial charge in [-0.3, -0.25) is 4.99 Å². The number of ether oxygens (including phenoxy) is 1. The molecule has 5 nitrogen and oxygen atoms in total. The number of nitrogens with zero attached hydrogens (tertiary/aromatic N) is 2. The Morgan fingerprint density at radius 3 is 2.63 bits per heavy atom. The molecule has 0 aliphatic rings. The number of rotatable bonds is 12. The second kappa shape index (κ2) is 15.7. The van der Waals surface area contributed by atoms with E-state index in [2.05, 4.69) is 53.9 Å². The summed E-state index contributed by atoms with van der Waals surface area (Å²) < 4.78 is 5.71. The number of hydrogen-bond donors (Lipinski definition) is 2. The molecule has 0 amide bonds. The Kier molecular flexibility index (Phi) is 15.0. The largest absolute Gasteiger partial charge is 0.489 e. The summed E-state index contributed by atoms with van der Waals surface area (Å²) in [6, 6.07) is 8.42. The lowest BCUT2D eigenvalue weighted by Crippen LogP contribution is -2.42. The van der Waals surface area contributed by atoms with E-state index in [1.807, 2.05) is 18.2 Å². The second-order valence-electron chi connectivity index (χ2n) is 6.35. The minimum Gasteiger partial charge on any atom is -0.489 e. The predicted molar refractivity (Wildman–Crippen MR) is 127 cm³/mol. The highest BCUT2D eigenvalue weighted by Gasteiger charge is 2.08. The molecular formula is C21H37IN4O. The maximum absolute atomic E-state index is 5.71. The molecule has 0 aromatic heterocycles. The molecule has 0 fully saturated rings. The van der Waals surface area contributed by atoms with E-state index in [-0.39, 0.29) is 24.0 Å². The van der Waals surface area contributed by atoms with Gasteiger partial charge < -0.3 is 20.3 Å². The first-order valence-corrected chi connectivity index (χ1v) is 9.65. The zero-order chi connectivity index (χ0) is 19.2. The zero-order valence-electron chi connectivity index (χ0n) is 17.3. The van der Waals surface area contributed by atoms with Crippen LogP contribution in [0.15, 0.2) is 41.9 Å². The molecule has 1 atom stereocenters. The fourth-order valence-electron chi connectivity index (χ4n) is 2.78. The molecule has 6 heteroatoms. The summed E-state index contributed by atoms with van der Waals surface area (Å²) in [5.41, 5.74) is 1.10. The number of para-hydroxylation sites is 1. The van der Waals surface area contributed by atoms with Gasteiger partial charge in [0.15, 0.2) is 5.96 Å². The third-order valence-electron chi connectivity index (χ3n) is 4.39. The average molecular weight is 488 g/mol. The first-order valence-electron chi connectivity index (χ1n) is 9.65. The molecule has 0 saturated carbocycles. The minimum atomic E-state index is 0. The van der Waals surface area contributed by atoms with Crippen LogP contribution in [0.2, 0.25) is 0 Å². The monoisotopic (exact) mass is 488 g/mol. The summed E-state index contributed by atoms with van der Waals surface area (Å²) in [5, 5.41) is 6.85. The molecule has 0 heterocycles. The Labute approximate surface area is 182 Å². The maximum Gasteiger partial charge on any atom is 0.191 e. The molecule has 1 rings (SSSR count). The Bertz CT molecular complexity index is 547. The van der Waals surface area contributed by atoms with Crippen molar-refractivity contribution in [3.63, 3.8) is 0 Å². The van der Waals surface area contributed by atoms with E-state index in [1.165, 1.54) is 6.42 Å². The fourth-order valence-corrected chi connectivity index (χ4v) is 2.78. The summed E-state index contributed by atoms with van der Waals surface area (Å²) in [4.78, 5) is 6.80. The molecule has 0 radical (unpaired) electrons. The minimum absolute atomic E-state index is 0. The van der Waals surface area contributed by atoms with Gasteiger partial charge in [0, 0.05) is 25.2 Å². The molecule has 0 saturated heterocycles. The van der Waals surface area contributed by atoms with Crippen LogP contribution in [-0.4, -0.2) is 50.2 Å². The van der Waals surface area contributed by atoms with Crippen LogP contribution in [0.3, 0.4) is 0 Å². The van der Waals surface area contributed by atoms with Gasteiger partial charge in [-0.05, 0) is 45.5 Å². The van der Waals surface area contributed by atoms with Crippen LogP contribution >= 0.6 is 24.0 Å². The first kappa shape index (κ1) is 25.7. The van der Waals surface area contributed by atoms with Crippen molar-refractivity contribution in [2.45, 2.75) is 46.2 Å². The standard InChI is InChI=1S/C21H36N4O.HI/c1-6-16-26-20-14-10-9-13-19(20)17-23-21(22-5)24-18(4)12-11-15-25(7-2)8-3;/h6,9-10,13-14,18H,1,7-8,11-12,15-17H2,2-5H3,(H2,22,23,24);1H. The van der Waals surface area contributed by atoms with Crippen molar-refractivity contribution in [3.05, 3.63) is 42.5 Å². The van der Waals surface area contributed by atoms with Crippen LogP contribution in [0.1, 0.15) is 39.2 Å². The van der Waals surface area contributed by atoms with Crippen molar-refractivity contribution in [2.24, 2.45) is 4.99 Å². The van der Waals surface area contributed by atoms with Crippen LogP contribution in [0.25, 0.3) is 0 Å². The number of nitrogens with one attached hydrogen (secondary N) is 2. The summed E-state index contributed by atoms with van der Waals surface area (Å²) in [6.07, 6.45) is 4.06. The van der Waals surface area contributed by atoms with Crippen molar-refractivity contribution >= 4 is 29.9 Å². The fraction of sp³-hybridized carbons (Fsp3) is 0.571. The molecule has 1 unspecified atom stereocenters. The Balaban J connectivity index is 0.00000676. The molecule has 154 valence electrons. The van der Waals surface area contributed by atoms with Gasteiger partial charge in [-0.15, -0.1) is 24.0 Å². The highest BCUT2D eigenvalue weighted by atomic mass is 127. The molecule has 2 N–H and O–H groups in total. The Morgan fingerprint density at radius 2 is 2.00 bits per heavy atom. The maximum atomic E-state index is 5.71. The van der Waals surface area contributed by atoms with Gasteiger partial charge >= 0.3 is 0 Å². The number of halogens is 1. The molecule has 0 spiro atoms. The normalized spacial score (nSPS) is 12.3.